The van der Waals surface area contributed by atoms with Crippen molar-refractivity contribution in [3.63, 3.8) is 0 Å². The Morgan fingerprint density at radius 3 is 2.63 bits per heavy atom. The number of halogens is 3. The van der Waals surface area contributed by atoms with Crippen molar-refractivity contribution in [2.75, 3.05) is 5.32 Å². The van der Waals surface area contributed by atoms with E-state index in [0.717, 1.165) is 13.8 Å². The molecule has 0 aliphatic carbocycles. The Morgan fingerprint density at radius 1 is 1.32 bits per heavy atom. The van der Waals surface area contributed by atoms with Gasteiger partial charge in [-0.3, -0.25) is 10.1 Å². The lowest BCUT2D eigenvalue weighted by molar-refractivity contribution is -0.384. The Morgan fingerprint density at radius 2 is 2.05 bits per heavy atom. The molecule has 0 aliphatic rings. The summed E-state index contributed by atoms with van der Waals surface area (Å²) in [6.45, 7) is 0.551. The third-order valence-corrected chi connectivity index (χ3v) is 5.48. The van der Waals surface area contributed by atoms with E-state index in [9.17, 15) is 10.1 Å². The van der Waals surface area contributed by atoms with Crippen LogP contribution >= 0.6 is 54.8 Å². The van der Waals surface area contributed by atoms with Gasteiger partial charge in [-0.2, -0.15) is 0 Å². The zero-order chi connectivity index (χ0) is 14.0. The maximum absolute atomic E-state index is 10.7. The second kappa shape index (κ2) is 6.21. The summed E-state index contributed by atoms with van der Waals surface area (Å²) in [7, 11) is 0. The molecule has 1 N–H and O–H groups in total. The molecule has 0 radical (unpaired) electrons. The van der Waals surface area contributed by atoms with Gasteiger partial charge in [-0.15, -0.1) is 11.3 Å². The van der Waals surface area contributed by atoms with Crippen molar-refractivity contribution in [2.45, 2.75) is 6.54 Å². The van der Waals surface area contributed by atoms with Crippen LogP contribution in [-0.4, -0.2) is 4.92 Å². The predicted octanol–water partition coefficient (Wildman–Crippen LogP) is 5.45. The number of nitrogens with one attached hydrogen (secondary N) is 1. The summed E-state index contributed by atoms with van der Waals surface area (Å²) in [6.07, 6.45) is 0. The van der Waals surface area contributed by atoms with E-state index in [-0.39, 0.29) is 5.69 Å². The van der Waals surface area contributed by atoms with Gasteiger partial charge in [0.15, 0.2) is 0 Å². The molecule has 0 saturated carbocycles. The van der Waals surface area contributed by atoms with E-state index in [2.05, 4.69) is 37.2 Å². The third kappa shape index (κ3) is 3.68. The molecular weight excluding hydrogens is 419 g/mol. The molecule has 1 aromatic carbocycles. The highest BCUT2D eigenvalue weighted by Gasteiger charge is 2.10. The lowest BCUT2D eigenvalue weighted by Crippen LogP contribution is -1.99. The standard InChI is InChI=1S/C11H7Br2ClN2O2S/c12-8-2-1-6(16(17)18)3-10(8)15-5-7-4-9(13)11(14)19-7/h1-4,15H,5H2. The second-order valence-electron chi connectivity index (χ2n) is 3.61. The zero-order valence-corrected chi connectivity index (χ0v) is 14.1. The highest BCUT2D eigenvalue weighted by atomic mass is 79.9. The van der Waals surface area contributed by atoms with Gasteiger partial charge >= 0.3 is 0 Å². The van der Waals surface area contributed by atoms with Gasteiger partial charge < -0.3 is 5.32 Å². The van der Waals surface area contributed by atoms with E-state index in [1.165, 1.54) is 23.5 Å². The Kier molecular flexibility index (Phi) is 4.83. The molecule has 0 fully saturated rings. The minimum atomic E-state index is -0.420. The molecule has 0 unspecified atom stereocenters. The minimum absolute atomic E-state index is 0.0519. The van der Waals surface area contributed by atoms with Crippen LogP contribution in [0.15, 0.2) is 33.2 Å². The van der Waals surface area contributed by atoms with Crippen molar-refractivity contribution in [3.8, 4) is 0 Å². The van der Waals surface area contributed by atoms with Crippen molar-refractivity contribution in [2.24, 2.45) is 0 Å². The number of rotatable bonds is 4. The maximum atomic E-state index is 10.7. The highest BCUT2D eigenvalue weighted by Crippen LogP contribution is 2.33. The number of hydrogen-bond donors (Lipinski definition) is 1. The topological polar surface area (TPSA) is 55.2 Å². The monoisotopic (exact) mass is 424 g/mol. The van der Waals surface area contributed by atoms with Gasteiger partial charge in [-0.25, -0.2) is 0 Å². The first-order valence-corrected chi connectivity index (χ1v) is 7.87. The normalized spacial score (nSPS) is 10.5. The van der Waals surface area contributed by atoms with Crippen LogP contribution in [0.4, 0.5) is 11.4 Å². The summed E-state index contributed by atoms with van der Waals surface area (Å²) in [5.74, 6) is 0. The molecule has 0 atom stereocenters. The fourth-order valence-electron chi connectivity index (χ4n) is 1.42. The fraction of sp³-hybridized carbons (Fsp3) is 0.0909. The minimum Gasteiger partial charge on any atom is -0.379 e. The average molecular weight is 427 g/mol. The molecule has 0 bridgehead atoms. The van der Waals surface area contributed by atoms with Gasteiger partial charge in [0, 0.05) is 32.5 Å². The maximum Gasteiger partial charge on any atom is 0.271 e. The molecular formula is C11H7Br2ClN2O2S. The lowest BCUT2D eigenvalue weighted by Gasteiger charge is -2.06. The molecule has 4 nitrogen and oxygen atoms in total. The zero-order valence-electron chi connectivity index (χ0n) is 9.32. The van der Waals surface area contributed by atoms with Crippen LogP contribution < -0.4 is 5.32 Å². The van der Waals surface area contributed by atoms with E-state index in [0.29, 0.717) is 16.6 Å². The van der Waals surface area contributed by atoms with Crippen LogP contribution in [0.25, 0.3) is 0 Å². The van der Waals surface area contributed by atoms with Gasteiger partial charge in [0.1, 0.15) is 4.34 Å². The second-order valence-corrected chi connectivity index (χ2v) is 7.06. The number of nitro groups is 1. The van der Waals surface area contributed by atoms with Gasteiger partial charge in [-0.1, -0.05) is 11.6 Å². The molecule has 0 amide bonds. The summed E-state index contributed by atoms with van der Waals surface area (Å²) in [5.41, 5.74) is 0.728. The molecule has 19 heavy (non-hydrogen) atoms. The largest absolute Gasteiger partial charge is 0.379 e. The highest BCUT2D eigenvalue weighted by molar-refractivity contribution is 9.11. The van der Waals surface area contributed by atoms with Crippen molar-refractivity contribution >= 4 is 66.2 Å². The molecule has 2 rings (SSSR count). The first-order chi connectivity index (χ1) is 8.97. The van der Waals surface area contributed by atoms with E-state index in [1.54, 1.807) is 6.07 Å². The van der Waals surface area contributed by atoms with Crippen LogP contribution in [0.5, 0.6) is 0 Å². The van der Waals surface area contributed by atoms with Crippen molar-refractivity contribution in [1.29, 1.82) is 0 Å². The number of anilines is 1. The summed E-state index contributed by atoms with van der Waals surface area (Å²) < 4.78 is 2.32. The smallest absolute Gasteiger partial charge is 0.271 e. The third-order valence-electron chi connectivity index (χ3n) is 2.31. The average Bonchev–Trinajstić information content (AvgIpc) is 2.67. The first-order valence-electron chi connectivity index (χ1n) is 5.09. The number of thiophene rings is 1. The van der Waals surface area contributed by atoms with Crippen LogP contribution in [-0.2, 0) is 6.54 Å². The Balaban J connectivity index is 2.14. The molecule has 0 aliphatic heterocycles. The molecule has 1 heterocycles. The number of nitro benzene ring substituents is 1. The van der Waals surface area contributed by atoms with Gasteiger partial charge in [0.2, 0.25) is 0 Å². The predicted molar refractivity (Wildman–Crippen MR) is 85.2 cm³/mol. The van der Waals surface area contributed by atoms with Crippen LogP contribution in [0.2, 0.25) is 4.34 Å². The van der Waals surface area contributed by atoms with E-state index >= 15 is 0 Å². The van der Waals surface area contributed by atoms with Crippen molar-refractivity contribution in [1.82, 2.24) is 0 Å². The Labute approximate surface area is 135 Å². The number of hydrogen-bond acceptors (Lipinski definition) is 4. The SMILES string of the molecule is O=[N+]([O-])c1ccc(Br)c(NCc2cc(Br)c(Cl)s2)c1. The summed E-state index contributed by atoms with van der Waals surface area (Å²) >= 11 is 14.1. The molecule has 8 heteroatoms. The summed E-state index contributed by atoms with van der Waals surface area (Å²) in [5, 5.41) is 13.9. The summed E-state index contributed by atoms with van der Waals surface area (Å²) in [6, 6.07) is 6.52. The molecule has 1 aromatic heterocycles. The van der Waals surface area contributed by atoms with Crippen LogP contribution in [0.3, 0.4) is 0 Å². The van der Waals surface area contributed by atoms with Crippen molar-refractivity contribution < 1.29 is 4.92 Å². The van der Waals surface area contributed by atoms with Gasteiger partial charge in [0.05, 0.1) is 10.6 Å². The molecule has 0 saturated heterocycles. The Bertz CT molecular complexity index is 614. The number of benzene rings is 1. The number of non-ortho nitro benzene ring substituents is 1. The number of nitrogens with zero attached hydrogens (tertiary/aromatic N) is 1. The van der Waals surface area contributed by atoms with Crippen molar-refractivity contribution in [3.05, 3.63) is 52.5 Å². The van der Waals surface area contributed by atoms with Gasteiger partial charge in [-0.05, 0) is 44.0 Å². The van der Waals surface area contributed by atoms with Crippen LogP contribution in [0, 0.1) is 10.1 Å². The molecule has 2 aromatic rings. The van der Waals surface area contributed by atoms with E-state index in [1.807, 2.05) is 6.07 Å². The first kappa shape index (κ1) is 14.8. The Hall–Kier alpha value is -0.630. The van der Waals surface area contributed by atoms with Gasteiger partial charge in [0.25, 0.3) is 5.69 Å². The van der Waals surface area contributed by atoms with E-state index < -0.39 is 4.92 Å². The summed E-state index contributed by atoms with van der Waals surface area (Å²) in [4.78, 5) is 11.3. The quantitative estimate of drug-likeness (QED) is 0.523. The fourth-order valence-corrected chi connectivity index (χ4v) is 3.54. The van der Waals surface area contributed by atoms with E-state index in [4.69, 9.17) is 11.6 Å². The lowest BCUT2D eigenvalue weighted by atomic mass is 10.3. The molecule has 100 valence electrons. The van der Waals surface area contributed by atoms with Crippen LogP contribution in [0.1, 0.15) is 4.88 Å². The molecule has 0 spiro atoms.